The van der Waals surface area contributed by atoms with Crippen LogP contribution >= 0.6 is 0 Å². The normalized spacial score (nSPS) is 12.0. The lowest BCUT2D eigenvalue weighted by molar-refractivity contribution is 0.633. The van der Waals surface area contributed by atoms with Gasteiger partial charge in [-0.15, -0.1) is 0 Å². The second-order valence-electron chi connectivity index (χ2n) is 10.4. The summed E-state index contributed by atoms with van der Waals surface area (Å²) in [4.78, 5) is 0. The fourth-order valence-corrected chi connectivity index (χ4v) is 6.58. The van der Waals surface area contributed by atoms with Gasteiger partial charge in [-0.05, 0) is 67.7 Å². The molecule has 0 saturated carbocycles. The minimum atomic E-state index is 0.886. The SMILES string of the molecule is c1ccc2c(c1)ccc1oc(-c3c4ccccc4c(-c4cccc5oc6ccccc6c45)c4ccccc34)cc12. The van der Waals surface area contributed by atoms with Crippen LogP contribution in [0.5, 0.6) is 0 Å². The topological polar surface area (TPSA) is 26.3 Å². The minimum Gasteiger partial charge on any atom is -0.456 e. The lowest BCUT2D eigenvalue weighted by atomic mass is 9.86. The number of hydrogen-bond donors (Lipinski definition) is 0. The van der Waals surface area contributed by atoms with Gasteiger partial charge in [-0.25, -0.2) is 0 Å². The summed E-state index contributed by atoms with van der Waals surface area (Å²) in [5, 5.41) is 10.6. The molecule has 9 aromatic rings. The molecule has 0 atom stereocenters. The van der Waals surface area contributed by atoms with Crippen molar-refractivity contribution in [3.05, 3.63) is 133 Å². The Kier molecular flexibility index (Phi) is 4.36. The average Bonchev–Trinajstić information content (AvgIpc) is 3.62. The maximum absolute atomic E-state index is 6.62. The average molecular weight is 511 g/mol. The van der Waals surface area contributed by atoms with Crippen LogP contribution in [-0.4, -0.2) is 0 Å². The predicted molar refractivity (Wildman–Crippen MR) is 167 cm³/mol. The van der Waals surface area contributed by atoms with Gasteiger partial charge in [0.05, 0.1) is 0 Å². The van der Waals surface area contributed by atoms with E-state index in [2.05, 4.69) is 121 Å². The van der Waals surface area contributed by atoms with Crippen LogP contribution in [0.25, 0.3) is 87.7 Å². The van der Waals surface area contributed by atoms with Gasteiger partial charge in [0.25, 0.3) is 0 Å². The molecule has 2 nitrogen and oxygen atoms in total. The predicted octanol–water partition coefficient (Wildman–Crippen LogP) is 11.1. The van der Waals surface area contributed by atoms with Crippen LogP contribution in [0, 0.1) is 0 Å². The van der Waals surface area contributed by atoms with Gasteiger partial charge in [0, 0.05) is 21.7 Å². The molecule has 0 aliphatic carbocycles. The van der Waals surface area contributed by atoms with Gasteiger partial charge >= 0.3 is 0 Å². The lowest BCUT2D eigenvalue weighted by Gasteiger charge is -2.17. The first-order valence-corrected chi connectivity index (χ1v) is 13.6. The van der Waals surface area contributed by atoms with Crippen LogP contribution in [0.15, 0.2) is 142 Å². The molecule has 0 spiro atoms. The van der Waals surface area contributed by atoms with Crippen molar-refractivity contribution in [1.82, 2.24) is 0 Å². The molecule has 0 N–H and O–H groups in total. The lowest BCUT2D eigenvalue weighted by Crippen LogP contribution is -1.90. The van der Waals surface area contributed by atoms with E-state index in [4.69, 9.17) is 8.83 Å². The van der Waals surface area contributed by atoms with Crippen molar-refractivity contribution in [2.45, 2.75) is 0 Å². The van der Waals surface area contributed by atoms with E-state index >= 15 is 0 Å². The molecule has 0 aliphatic rings. The molecule has 2 aromatic heterocycles. The van der Waals surface area contributed by atoms with Crippen LogP contribution in [-0.2, 0) is 0 Å². The highest BCUT2D eigenvalue weighted by atomic mass is 16.3. The molecule has 0 fully saturated rings. The van der Waals surface area contributed by atoms with Gasteiger partial charge in [0.2, 0.25) is 0 Å². The standard InChI is InChI=1S/C38H22O2/c1-2-11-24-23(10-1)20-21-33-31(24)22-35(40-33)37-27-14-5-3-12-25(27)36(26-13-4-6-15-28(26)37)30-17-9-19-34-38(30)29-16-7-8-18-32(29)39-34/h1-22H. The number of para-hydroxylation sites is 1. The summed E-state index contributed by atoms with van der Waals surface area (Å²) < 4.78 is 12.9. The maximum atomic E-state index is 6.62. The Morgan fingerprint density at radius 1 is 0.350 bits per heavy atom. The van der Waals surface area contributed by atoms with Gasteiger partial charge in [0.15, 0.2) is 0 Å². The summed E-state index contributed by atoms with van der Waals surface area (Å²) >= 11 is 0. The van der Waals surface area contributed by atoms with E-state index < -0.39 is 0 Å². The molecule has 7 aromatic carbocycles. The molecule has 186 valence electrons. The monoisotopic (exact) mass is 510 g/mol. The first kappa shape index (κ1) is 21.6. The van der Waals surface area contributed by atoms with E-state index in [9.17, 15) is 0 Å². The second kappa shape index (κ2) is 8.08. The van der Waals surface area contributed by atoms with Crippen molar-refractivity contribution in [3.8, 4) is 22.5 Å². The smallest absolute Gasteiger partial charge is 0.136 e. The highest BCUT2D eigenvalue weighted by Gasteiger charge is 2.21. The quantitative estimate of drug-likeness (QED) is 0.216. The maximum Gasteiger partial charge on any atom is 0.136 e. The molecule has 0 unspecified atom stereocenters. The zero-order chi connectivity index (χ0) is 26.2. The minimum absolute atomic E-state index is 0.886. The molecule has 9 rings (SSSR count). The zero-order valence-electron chi connectivity index (χ0n) is 21.5. The summed E-state index contributed by atoms with van der Waals surface area (Å²) in [5.41, 5.74) is 6.23. The van der Waals surface area contributed by atoms with E-state index in [0.29, 0.717) is 0 Å². The molecule has 2 heterocycles. The first-order valence-electron chi connectivity index (χ1n) is 13.6. The molecule has 0 radical (unpaired) electrons. The van der Waals surface area contributed by atoms with Crippen molar-refractivity contribution in [2.24, 2.45) is 0 Å². The van der Waals surface area contributed by atoms with Crippen LogP contribution in [0.4, 0.5) is 0 Å². The van der Waals surface area contributed by atoms with E-state index in [-0.39, 0.29) is 0 Å². The van der Waals surface area contributed by atoms with Crippen LogP contribution < -0.4 is 0 Å². The van der Waals surface area contributed by atoms with Crippen molar-refractivity contribution in [1.29, 1.82) is 0 Å². The van der Waals surface area contributed by atoms with Crippen LogP contribution in [0.1, 0.15) is 0 Å². The van der Waals surface area contributed by atoms with E-state index in [0.717, 1.165) is 44.2 Å². The number of fused-ring (bicyclic) bond motifs is 8. The Bertz CT molecular complexity index is 2380. The molecule has 0 bridgehead atoms. The zero-order valence-corrected chi connectivity index (χ0v) is 21.5. The Morgan fingerprint density at radius 2 is 0.925 bits per heavy atom. The Labute approximate surface area is 229 Å². The third-order valence-electron chi connectivity index (χ3n) is 8.28. The molecule has 0 aliphatic heterocycles. The number of benzene rings is 7. The van der Waals surface area contributed by atoms with Gasteiger partial charge in [-0.1, -0.05) is 109 Å². The first-order chi connectivity index (χ1) is 19.8. The number of hydrogen-bond acceptors (Lipinski definition) is 2. The number of rotatable bonds is 2. The third kappa shape index (κ3) is 2.93. The largest absolute Gasteiger partial charge is 0.456 e. The van der Waals surface area contributed by atoms with Crippen molar-refractivity contribution >= 4 is 65.2 Å². The summed E-state index contributed by atoms with van der Waals surface area (Å²) in [5.74, 6) is 0.886. The second-order valence-corrected chi connectivity index (χ2v) is 10.4. The van der Waals surface area contributed by atoms with E-state index in [1.165, 1.54) is 43.4 Å². The summed E-state index contributed by atoms with van der Waals surface area (Å²) in [6.07, 6.45) is 0. The fraction of sp³-hybridized carbons (Fsp3) is 0. The number of furan rings is 2. The summed E-state index contributed by atoms with van der Waals surface area (Å²) in [6, 6.07) is 47.1. The summed E-state index contributed by atoms with van der Waals surface area (Å²) in [6.45, 7) is 0. The molecular formula is C38H22O2. The van der Waals surface area contributed by atoms with Crippen molar-refractivity contribution in [2.75, 3.05) is 0 Å². The van der Waals surface area contributed by atoms with Crippen LogP contribution in [0.3, 0.4) is 0 Å². The Balaban J connectivity index is 1.43. The van der Waals surface area contributed by atoms with Gasteiger partial charge < -0.3 is 8.83 Å². The molecule has 0 amide bonds. The molecule has 0 saturated heterocycles. The Hall–Kier alpha value is -5.34. The van der Waals surface area contributed by atoms with Crippen molar-refractivity contribution in [3.63, 3.8) is 0 Å². The van der Waals surface area contributed by atoms with Crippen molar-refractivity contribution < 1.29 is 8.83 Å². The van der Waals surface area contributed by atoms with Gasteiger partial charge in [0.1, 0.15) is 22.5 Å². The van der Waals surface area contributed by atoms with Crippen LogP contribution in [0.2, 0.25) is 0 Å². The Morgan fingerprint density at radius 3 is 1.68 bits per heavy atom. The van der Waals surface area contributed by atoms with Gasteiger partial charge in [-0.2, -0.15) is 0 Å². The highest BCUT2D eigenvalue weighted by molar-refractivity contribution is 6.25. The van der Waals surface area contributed by atoms with Gasteiger partial charge in [-0.3, -0.25) is 0 Å². The molecular weight excluding hydrogens is 488 g/mol. The fourth-order valence-electron chi connectivity index (χ4n) is 6.58. The third-order valence-corrected chi connectivity index (χ3v) is 8.28. The molecule has 40 heavy (non-hydrogen) atoms. The highest BCUT2D eigenvalue weighted by Crippen LogP contribution is 2.47. The summed E-state index contributed by atoms with van der Waals surface area (Å²) in [7, 11) is 0. The molecule has 2 heteroatoms. The van der Waals surface area contributed by atoms with E-state index in [1.54, 1.807) is 0 Å². The van der Waals surface area contributed by atoms with E-state index in [1.807, 2.05) is 12.1 Å².